The Kier molecular flexibility index (Phi) is 11.0. The highest BCUT2D eigenvalue weighted by Gasteiger charge is 2.36. The van der Waals surface area contributed by atoms with Gasteiger partial charge >= 0.3 is 0 Å². The summed E-state index contributed by atoms with van der Waals surface area (Å²) in [5.41, 5.74) is 2.43. The zero-order chi connectivity index (χ0) is 32.7. The first-order chi connectivity index (χ1) is 22.1. The van der Waals surface area contributed by atoms with Gasteiger partial charge in [-0.05, 0) is 72.9 Å². The first kappa shape index (κ1) is 33.5. The van der Waals surface area contributed by atoms with E-state index in [9.17, 15) is 18.0 Å². The fourth-order valence-electron chi connectivity index (χ4n) is 5.81. The monoisotopic (exact) mass is 677 g/mol. The van der Waals surface area contributed by atoms with Crippen molar-refractivity contribution in [3.05, 3.63) is 130 Å². The number of carbonyl (C=O) groups excluding carboxylic acids is 2. The molecule has 4 aromatic rings. The van der Waals surface area contributed by atoms with Crippen molar-refractivity contribution in [1.29, 1.82) is 0 Å². The molecule has 1 atom stereocenters. The molecule has 0 bridgehead atoms. The first-order valence-electron chi connectivity index (χ1n) is 15.3. The highest BCUT2D eigenvalue weighted by atomic mass is 35.5. The van der Waals surface area contributed by atoms with Crippen molar-refractivity contribution >= 4 is 50.7 Å². The van der Waals surface area contributed by atoms with Gasteiger partial charge in [0.25, 0.3) is 10.0 Å². The lowest BCUT2D eigenvalue weighted by atomic mass is 10.0. The Hall–Kier alpha value is -3.85. The van der Waals surface area contributed by atoms with Crippen LogP contribution < -0.4 is 9.62 Å². The van der Waals surface area contributed by atoms with E-state index in [0.29, 0.717) is 15.6 Å². The average Bonchev–Trinajstić information content (AvgIpc) is 3.57. The highest BCUT2D eigenvalue weighted by molar-refractivity contribution is 7.92. The van der Waals surface area contributed by atoms with Crippen LogP contribution in [0, 0.1) is 6.92 Å². The molecule has 0 saturated heterocycles. The number of sulfonamides is 1. The Labute approximate surface area is 281 Å². The van der Waals surface area contributed by atoms with Crippen LogP contribution in [-0.2, 0) is 32.6 Å². The van der Waals surface area contributed by atoms with E-state index in [0.717, 1.165) is 41.1 Å². The number of anilines is 1. The minimum absolute atomic E-state index is 0.0299. The van der Waals surface area contributed by atoms with Gasteiger partial charge in [-0.25, -0.2) is 8.42 Å². The number of amides is 2. The Morgan fingerprint density at radius 3 is 2.11 bits per heavy atom. The Bertz CT molecular complexity index is 1750. The molecule has 0 aromatic heterocycles. The molecule has 2 amide bonds. The van der Waals surface area contributed by atoms with Gasteiger partial charge in [0.1, 0.15) is 12.6 Å². The van der Waals surface area contributed by atoms with E-state index < -0.39 is 28.5 Å². The zero-order valence-corrected chi connectivity index (χ0v) is 27.9. The third-order valence-electron chi connectivity index (χ3n) is 8.36. The largest absolute Gasteiger partial charge is 0.352 e. The number of carbonyl (C=O) groups is 2. The molecular formula is C36H37Cl2N3O4S. The van der Waals surface area contributed by atoms with Crippen LogP contribution in [0.5, 0.6) is 0 Å². The van der Waals surface area contributed by atoms with Gasteiger partial charge in [0.05, 0.1) is 10.6 Å². The van der Waals surface area contributed by atoms with Crippen LogP contribution in [0.4, 0.5) is 5.69 Å². The van der Waals surface area contributed by atoms with Crippen molar-refractivity contribution in [3.63, 3.8) is 0 Å². The van der Waals surface area contributed by atoms with E-state index >= 15 is 0 Å². The van der Waals surface area contributed by atoms with Gasteiger partial charge in [0, 0.05) is 29.1 Å². The Morgan fingerprint density at radius 2 is 1.46 bits per heavy atom. The quantitative estimate of drug-likeness (QED) is 0.172. The lowest BCUT2D eigenvalue weighted by Crippen LogP contribution is -2.54. The number of hydrogen-bond acceptors (Lipinski definition) is 4. The summed E-state index contributed by atoms with van der Waals surface area (Å²) in [6, 6.07) is 28.6. The fourth-order valence-corrected chi connectivity index (χ4v) is 7.60. The number of rotatable bonds is 12. The molecule has 10 heteroatoms. The SMILES string of the molecule is Cc1c(Cl)cccc1N(CC(=O)N(Cc1ccc(Cl)cc1)C(Cc1ccccc1)C(=O)NC1CCCC1)S(=O)(=O)c1ccccc1. The van der Waals surface area contributed by atoms with E-state index in [1.807, 2.05) is 30.3 Å². The van der Waals surface area contributed by atoms with E-state index in [4.69, 9.17) is 23.2 Å². The van der Waals surface area contributed by atoms with Gasteiger partial charge < -0.3 is 10.2 Å². The Morgan fingerprint density at radius 1 is 0.826 bits per heavy atom. The van der Waals surface area contributed by atoms with Crippen LogP contribution in [0.25, 0.3) is 0 Å². The van der Waals surface area contributed by atoms with Crippen LogP contribution in [0.3, 0.4) is 0 Å². The van der Waals surface area contributed by atoms with Crippen LogP contribution >= 0.6 is 23.2 Å². The normalized spacial score (nSPS) is 14.1. The predicted molar refractivity (Wildman–Crippen MR) is 183 cm³/mol. The third-order valence-corrected chi connectivity index (χ3v) is 10.8. The minimum atomic E-state index is -4.21. The van der Waals surface area contributed by atoms with Gasteiger partial charge in [-0.1, -0.05) is 103 Å². The van der Waals surface area contributed by atoms with Gasteiger partial charge in [-0.15, -0.1) is 0 Å². The van der Waals surface area contributed by atoms with Crippen molar-refractivity contribution < 1.29 is 18.0 Å². The van der Waals surface area contributed by atoms with Gasteiger partial charge in [0.2, 0.25) is 11.8 Å². The predicted octanol–water partition coefficient (Wildman–Crippen LogP) is 7.20. The van der Waals surface area contributed by atoms with Crippen molar-refractivity contribution in [1.82, 2.24) is 10.2 Å². The molecular weight excluding hydrogens is 641 g/mol. The molecule has 4 aromatic carbocycles. The molecule has 1 aliphatic rings. The van der Waals surface area contributed by atoms with Crippen LogP contribution in [0.1, 0.15) is 42.4 Å². The third kappa shape index (κ3) is 8.10. The molecule has 0 spiro atoms. The first-order valence-corrected chi connectivity index (χ1v) is 17.5. The summed E-state index contributed by atoms with van der Waals surface area (Å²) in [5.74, 6) is -0.800. The molecule has 46 heavy (non-hydrogen) atoms. The number of hydrogen-bond donors (Lipinski definition) is 1. The fraction of sp³-hybridized carbons (Fsp3) is 0.278. The maximum Gasteiger partial charge on any atom is 0.264 e. The highest BCUT2D eigenvalue weighted by Crippen LogP contribution is 2.31. The van der Waals surface area contributed by atoms with Crippen molar-refractivity contribution in [3.8, 4) is 0 Å². The summed E-state index contributed by atoms with van der Waals surface area (Å²) < 4.78 is 29.5. The standard InChI is InChI=1S/C36H37Cl2N3O4S/c1-26-32(38)17-10-18-33(26)41(46(44,45)31-15-6-3-7-16-31)25-35(42)40(24-28-19-21-29(37)22-20-28)34(23-27-11-4-2-5-12-27)36(43)39-30-13-8-9-14-30/h2-7,10-12,15-22,30,34H,8-9,13-14,23-25H2,1H3,(H,39,43). The van der Waals surface area contributed by atoms with E-state index in [2.05, 4.69) is 5.32 Å². The van der Waals surface area contributed by atoms with Gasteiger partial charge in [-0.3, -0.25) is 13.9 Å². The molecule has 5 rings (SSSR count). The summed E-state index contributed by atoms with van der Waals surface area (Å²) in [7, 11) is -4.21. The second-order valence-corrected chi connectivity index (χ2v) is 14.3. The molecule has 0 heterocycles. The molecule has 0 aliphatic heterocycles. The number of nitrogens with zero attached hydrogens (tertiary/aromatic N) is 2. The zero-order valence-electron chi connectivity index (χ0n) is 25.6. The van der Waals surface area contributed by atoms with Crippen molar-refractivity contribution in [2.45, 2.75) is 62.6 Å². The smallest absolute Gasteiger partial charge is 0.264 e. The van der Waals surface area contributed by atoms with Gasteiger partial charge in [-0.2, -0.15) is 0 Å². The van der Waals surface area contributed by atoms with E-state index in [1.54, 1.807) is 67.6 Å². The molecule has 1 fully saturated rings. The van der Waals surface area contributed by atoms with Crippen LogP contribution in [0.15, 0.2) is 108 Å². The molecule has 1 saturated carbocycles. The number of nitrogens with one attached hydrogen (secondary N) is 1. The van der Waals surface area contributed by atoms with E-state index in [-0.39, 0.29) is 35.5 Å². The average molecular weight is 679 g/mol. The second-order valence-electron chi connectivity index (χ2n) is 11.6. The summed E-state index contributed by atoms with van der Waals surface area (Å²) in [4.78, 5) is 30.2. The maximum absolute atomic E-state index is 14.6. The molecule has 1 N–H and O–H groups in total. The molecule has 1 unspecified atom stereocenters. The number of benzene rings is 4. The second kappa shape index (κ2) is 15.2. The topological polar surface area (TPSA) is 86.8 Å². The summed E-state index contributed by atoms with van der Waals surface area (Å²) in [6.45, 7) is 1.24. The van der Waals surface area contributed by atoms with Crippen molar-refractivity contribution in [2.75, 3.05) is 10.8 Å². The maximum atomic E-state index is 14.6. The molecule has 0 radical (unpaired) electrons. The van der Waals surface area contributed by atoms with Crippen molar-refractivity contribution in [2.24, 2.45) is 0 Å². The summed E-state index contributed by atoms with van der Waals surface area (Å²) in [5, 5.41) is 4.09. The summed E-state index contributed by atoms with van der Waals surface area (Å²) >= 11 is 12.6. The van der Waals surface area contributed by atoms with Gasteiger partial charge in [0.15, 0.2) is 0 Å². The minimum Gasteiger partial charge on any atom is -0.352 e. The lowest BCUT2D eigenvalue weighted by Gasteiger charge is -2.34. The summed E-state index contributed by atoms with van der Waals surface area (Å²) in [6.07, 6.45) is 4.08. The Balaban J connectivity index is 1.58. The van der Waals surface area contributed by atoms with Crippen LogP contribution in [-0.4, -0.2) is 43.8 Å². The lowest BCUT2D eigenvalue weighted by molar-refractivity contribution is -0.140. The molecule has 1 aliphatic carbocycles. The van der Waals surface area contributed by atoms with E-state index in [1.165, 1.54) is 17.0 Å². The molecule has 240 valence electrons. The van der Waals surface area contributed by atoms with Crippen LogP contribution in [0.2, 0.25) is 10.0 Å². The number of halogens is 2. The molecule has 7 nitrogen and oxygen atoms in total.